The summed E-state index contributed by atoms with van der Waals surface area (Å²) in [6.45, 7) is 6.35. The van der Waals surface area contributed by atoms with Crippen molar-refractivity contribution in [1.82, 2.24) is 19.6 Å². The molecule has 3 N–H and O–H groups in total. The Bertz CT molecular complexity index is 1290. The second kappa shape index (κ2) is 8.73. The van der Waals surface area contributed by atoms with Crippen molar-refractivity contribution in [2.75, 3.05) is 10.6 Å². The number of nitrogens with one attached hydrogen (secondary N) is 3. The molecule has 160 valence electrons. The molecule has 0 fully saturated rings. The molecule has 3 heterocycles. The maximum atomic E-state index is 13.0. The number of nitrogens with zero attached hydrogens (tertiary/aromatic N) is 3. The van der Waals surface area contributed by atoms with Crippen molar-refractivity contribution in [2.45, 2.75) is 40.2 Å². The molecule has 1 aromatic carbocycles. The fourth-order valence-electron chi connectivity index (χ4n) is 3.41. The number of fused-ring (bicyclic) bond motifs is 1. The van der Waals surface area contributed by atoms with Gasteiger partial charge in [0.2, 0.25) is 11.9 Å². The van der Waals surface area contributed by atoms with Crippen LogP contribution in [0.1, 0.15) is 33.7 Å². The number of rotatable bonds is 7. The summed E-state index contributed by atoms with van der Waals surface area (Å²) < 4.78 is 1.32. The topological polar surface area (TPSA) is 104 Å². The minimum Gasteiger partial charge on any atom is -0.350 e. The Kier molecular flexibility index (Phi) is 5.85. The summed E-state index contributed by atoms with van der Waals surface area (Å²) in [6.07, 6.45) is 0.489. The van der Waals surface area contributed by atoms with Crippen LogP contribution in [-0.4, -0.2) is 25.5 Å². The van der Waals surface area contributed by atoms with Crippen molar-refractivity contribution >= 4 is 34.7 Å². The highest BCUT2D eigenvalue weighted by Crippen LogP contribution is 2.17. The van der Waals surface area contributed by atoms with Crippen molar-refractivity contribution in [1.29, 1.82) is 0 Å². The van der Waals surface area contributed by atoms with Gasteiger partial charge >= 0.3 is 0 Å². The van der Waals surface area contributed by atoms with Crippen LogP contribution in [-0.2, 0) is 17.8 Å². The first kappa shape index (κ1) is 20.8. The zero-order chi connectivity index (χ0) is 22.0. The molecule has 0 bridgehead atoms. The maximum Gasteiger partial charge on any atom is 0.277 e. The molecule has 0 saturated heterocycles. The quantitative estimate of drug-likeness (QED) is 0.411. The molecule has 0 aliphatic rings. The molecule has 8 nitrogen and oxygen atoms in total. The van der Waals surface area contributed by atoms with Crippen LogP contribution in [0.2, 0.25) is 0 Å². The minimum absolute atomic E-state index is 0.140. The van der Waals surface area contributed by atoms with Crippen LogP contribution in [0.3, 0.4) is 0 Å². The van der Waals surface area contributed by atoms with Crippen LogP contribution < -0.4 is 16.2 Å². The number of H-pyrrole nitrogens is 1. The van der Waals surface area contributed by atoms with E-state index in [9.17, 15) is 9.59 Å². The molecule has 0 aliphatic heterocycles. The molecule has 9 heteroatoms. The van der Waals surface area contributed by atoms with Crippen molar-refractivity contribution in [3.8, 4) is 0 Å². The monoisotopic (exact) mass is 436 g/mol. The Morgan fingerprint density at radius 3 is 2.77 bits per heavy atom. The molecule has 0 radical (unpaired) electrons. The lowest BCUT2D eigenvalue weighted by Crippen LogP contribution is -2.23. The van der Waals surface area contributed by atoms with Gasteiger partial charge in [-0.3, -0.25) is 14.7 Å². The van der Waals surface area contributed by atoms with Crippen molar-refractivity contribution in [3.63, 3.8) is 0 Å². The third kappa shape index (κ3) is 4.66. The van der Waals surface area contributed by atoms with E-state index in [-0.39, 0.29) is 17.9 Å². The Morgan fingerprint density at radius 1 is 1.19 bits per heavy atom. The average Bonchev–Trinajstić information content (AvgIpc) is 3.38. The van der Waals surface area contributed by atoms with E-state index in [1.54, 1.807) is 18.3 Å². The summed E-state index contributed by atoms with van der Waals surface area (Å²) in [6, 6.07) is 9.88. The molecule has 1 amide bonds. The first-order valence-electron chi connectivity index (χ1n) is 10.0. The zero-order valence-corrected chi connectivity index (χ0v) is 18.5. The van der Waals surface area contributed by atoms with Gasteiger partial charge in [-0.15, -0.1) is 11.3 Å². The number of aromatic amines is 1. The third-order valence-electron chi connectivity index (χ3n) is 5.06. The number of benzene rings is 1. The predicted octanol–water partition coefficient (Wildman–Crippen LogP) is 3.59. The molecule has 4 aromatic rings. The largest absolute Gasteiger partial charge is 0.350 e. The van der Waals surface area contributed by atoms with E-state index in [1.807, 2.05) is 49.6 Å². The van der Waals surface area contributed by atoms with Gasteiger partial charge in [0.1, 0.15) is 0 Å². The minimum atomic E-state index is -0.238. The first-order valence-corrected chi connectivity index (χ1v) is 10.9. The number of anilines is 2. The lowest BCUT2D eigenvalue weighted by atomic mass is 10.1. The number of amides is 1. The van der Waals surface area contributed by atoms with E-state index in [1.165, 1.54) is 4.52 Å². The number of hydrogen-bond donors (Lipinski definition) is 3. The average molecular weight is 437 g/mol. The summed E-state index contributed by atoms with van der Waals surface area (Å²) in [5.41, 5.74) is 3.78. The number of aromatic nitrogens is 4. The molecule has 0 spiro atoms. The summed E-state index contributed by atoms with van der Waals surface area (Å²) in [5.74, 6) is 0.639. The lowest BCUT2D eigenvalue weighted by molar-refractivity contribution is -0.116. The van der Waals surface area contributed by atoms with Gasteiger partial charge in [0, 0.05) is 22.5 Å². The predicted molar refractivity (Wildman–Crippen MR) is 123 cm³/mol. The highest BCUT2D eigenvalue weighted by Gasteiger charge is 2.15. The Hall–Kier alpha value is -3.46. The fourth-order valence-corrected chi connectivity index (χ4v) is 4.06. The number of carbonyl (C=O) groups excluding carboxylic acids is 1. The van der Waals surface area contributed by atoms with Gasteiger partial charge in [-0.2, -0.15) is 9.50 Å². The van der Waals surface area contributed by atoms with Crippen LogP contribution in [0.25, 0.3) is 5.78 Å². The van der Waals surface area contributed by atoms with E-state index in [0.717, 1.165) is 21.7 Å². The molecule has 4 rings (SSSR count). The molecule has 0 saturated carbocycles. The van der Waals surface area contributed by atoms with Crippen LogP contribution in [0.4, 0.5) is 11.6 Å². The molecule has 3 aromatic heterocycles. The van der Waals surface area contributed by atoms with E-state index in [4.69, 9.17) is 0 Å². The second-order valence-electron chi connectivity index (χ2n) is 7.49. The molecule has 0 unspecified atom stereocenters. The maximum absolute atomic E-state index is 13.0. The number of thiophene rings is 1. The van der Waals surface area contributed by atoms with Crippen molar-refractivity contribution in [3.05, 3.63) is 73.3 Å². The molecule has 0 atom stereocenters. The Morgan fingerprint density at radius 2 is 2.03 bits per heavy atom. The molecular weight excluding hydrogens is 412 g/mol. The van der Waals surface area contributed by atoms with Gasteiger partial charge in [0.15, 0.2) is 0 Å². The van der Waals surface area contributed by atoms with Gasteiger partial charge in [-0.1, -0.05) is 23.8 Å². The summed E-state index contributed by atoms with van der Waals surface area (Å²) in [4.78, 5) is 35.3. The Labute approximate surface area is 183 Å². The van der Waals surface area contributed by atoms with E-state index < -0.39 is 0 Å². The van der Waals surface area contributed by atoms with Crippen molar-refractivity contribution < 1.29 is 4.79 Å². The number of hydrogen-bond acceptors (Lipinski definition) is 6. The first-order chi connectivity index (χ1) is 14.9. The van der Waals surface area contributed by atoms with Gasteiger partial charge in [0.05, 0.1) is 12.2 Å². The SMILES string of the molecule is Cc1ccc(NC(=O)CCc2c(C)nc3nc(NCc4cccs4)[nH]n3c2=O)c(C)c1. The van der Waals surface area contributed by atoms with E-state index in [2.05, 4.69) is 25.7 Å². The van der Waals surface area contributed by atoms with Gasteiger partial charge in [-0.25, -0.2) is 4.98 Å². The standard InChI is InChI=1S/C22H24N6O2S/c1-13-6-8-18(14(2)11-13)25-19(29)9-7-17-15(3)24-22-26-21(27-28(22)20(17)30)23-12-16-5-4-10-31-16/h4-6,8,10-11H,7,9,12H2,1-3H3,(H,25,29)(H2,23,24,26,27). The van der Waals surface area contributed by atoms with Crippen molar-refractivity contribution in [2.24, 2.45) is 0 Å². The van der Waals surface area contributed by atoms with Crippen LogP contribution in [0.15, 0.2) is 40.5 Å². The number of carbonyl (C=O) groups is 1. The highest BCUT2D eigenvalue weighted by atomic mass is 32.1. The lowest BCUT2D eigenvalue weighted by Gasteiger charge is -2.09. The van der Waals surface area contributed by atoms with E-state index in [0.29, 0.717) is 35.9 Å². The van der Waals surface area contributed by atoms with Crippen LogP contribution in [0, 0.1) is 20.8 Å². The summed E-state index contributed by atoms with van der Waals surface area (Å²) in [7, 11) is 0. The van der Waals surface area contributed by atoms with Gasteiger partial charge < -0.3 is 10.6 Å². The fraction of sp³-hybridized carbons (Fsp3) is 0.273. The third-order valence-corrected chi connectivity index (χ3v) is 5.94. The zero-order valence-electron chi connectivity index (χ0n) is 17.7. The smallest absolute Gasteiger partial charge is 0.277 e. The van der Waals surface area contributed by atoms with E-state index >= 15 is 0 Å². The second-order valence-corrected chi connectivity index (χ2v) is 8.52. The van der Waals surface area contributed by atoms with Crippen LogP contribution >= 0.6 is 11.3 Å². The Balaban J connectivity index is 1.46. The van der Waals surface area contributed by atoms with Crippen LogP contribution in [0.5, 0.6) is 0 Å². The summed E-state index contributed by atoms with van der Waals surface area (Å²) in [5, 5.41) is 11.1. The summed E-state index contributed by atoms with van der Waals surface area (Å²) >= 11 is 1.64. The number of aryl methyl sites for hydroxylation is 3. The molecule has 31 heavy (non-hydrogen) atoms. The van der Waals surface area contributed by atoms with Gasteiger partial charge in [-0.05, 0) is 50.3 Å². The molecular formula is C22H24N6O2S. The highest BCUT2D eigenvalue weighted by molar-refractivity contribution is 7.09. The normalized spacial score (nSPS) is 11.1. The van der Waals surface area contributed by atoms with Gasteiger partial charge in [0.25, 0.3) is 11.3 Å². The molecule has 0 aliphatic carbocycles.